The molecule has 5 fully saturated rings. The Morgan fingerprint density at radius 2 is 1.26 bits per heavy atom. The molecule has 0 aromatic heterocycles. The van der Waals surface area contributed by atoms with Crippen LogP contribution in [0, 0.1) is 62.6 Å². The Kier molecular flexibility index (Phi) is 5.15. The molecule has 0 aliphatic heterocycles. The first-order valence-electron chi connectivity index (χ1n) is 14.4. The largest absolute Gasteiger partial charge is 0.0651 e. The fourth-order valence-electron chi connectivity index (χ4n) is 12.3. The molecule has 0 saturated heterocycles. The minimum atomic E-state index is 0.560. The van der Waals surface area contributed by atoms with Crippen molar-refractivity contribution < 1.29 is 0 Å². The van der Waals surface area contributed by atoms with Gasteiger partial charge in [-0.3, -0.25) is 0 Å². The van der Waals surface area contributed by atoms with E-state index in [1.807, 2.05) is 0 Å². The van der Waals surface area contributed by atoms with Gasteiger partial charge in [0, 0.05) is 0 Å². The lowest BCUT2D eigenvalue weighted by Gasteiger charge is -2.73. The van der Waals surface area contributed by atoms with Gasteiger partial charge < -0.3 is 0 Å². The van der Waals surface area contributed by atoms with Gasteiger partial charge in [-0.1, -0.05) is 68.2 Å². The molecule has 0 N–H and O–H groups in total. The minimum absolute atomic E-state index is 0.560. The van der Waals surface area contributed by atoms with Crippen LogP contribution in [0.4, 0.5) is 0 Å². The van der Waals surface area contributed by atoms with Gasteiger partial charge in [-0.2, -0.15) is 0 Å². The predicted molar refractivity (Wildman–Crippen MR) is 134 cm³/mol. The van der Waals surface area contributed by atoms with Crippen LogP contribution in [0.25, 0.3) is 0 Å². The Hall–Kier alpha value is 0. The van der Waals surface area contributed by atoms with Crippen LogP contribution in [0.1, 0.15) is 132 Å². The molecule has 0 heterocycles. The maximum absolute atomic E-state index is 2.82. The Labute approximate surface area is 195 Å². The second kappa shape index (κ2) is 7.01. The van der Waals surface area contributed by atoms with Crippen molar-refractivity contribution in [1.82, 2.24) is 0 Å². The van der Waals surface area contributed by atoms with Gasteiger partial charge in [-0.15, -0.1) is 0 Å². The molecule has 5 rings (SSSR count). The summed E-state index contributed by atoms with van der Waals surface area (Å²) in [6, 6.07) is 0. The molecular formula is C31H54. The molecule has 0 aromatic rings. The zero-order valence-electron chi connectivity index (χ0n) is 22.4. The Morgan fingerprint density at radius 3 is 1.90 bits per heavy atom. The van der Waals surface area contributed by atoms with E-state index in [2.05, 4.69) is 55.4 Å². The van der Waals surface area contributed by atoms with E-state index in [9.17, 15) is 0 Å². The van der Waals surface area contributed by atoms with Gasteiger partial charge in [0.2, 0.25) is 0 Å². The quantitative estimate of drug-likeness (QED) is 0.412. The van der Waals surface area contributed by atoms with Gasteiger partial charge >= 0.3 is 0 Å². The van der Waals surface area contributed by atoms with Gasteiger partial charge in [0.15, 0.2) is 0 Å². The van der Waals surface area contributed by atoms with Gasteiger partial charge in [0.05, 0.1) is 0 Å². The summed E-state index contributed by atoms with van der Waals surface area (Å²) in [5.41, 5.74) is 2.91. The molecule has 0 amide bonds. The highest BCUT2D eigenvalue weighted by Crippen LogP contribution is 2.78. The van der Waals surface area contributed by atoms with Crippen molar-refractivity contribution >= 4 is 0 Å². The van der Waals surface area contributed by atoms with Crippen LogP contribution in [0.3, 0.4) is 0 Å². The summed E-state index contributed by atoms with van der Waals surface area (Å²) >= 11 is 0. The fourth-order valence-corrected chi connectivity index (χ4v) is 12.3. The highest BCUT2D eigenvalue weighted by atomic mass is 14.7. The summed E-state index contributed by atoms with van der Waals surface area (Å²) in [5.74, 6) is 5.86. The third kappa shape index (κ3) is 2.78. The van der Waals surface area contributed by atoms with E-state index in [0.717, 1.165) is 35.5 Å². The van der Waals surface area contributed by atoms with E-state index in [1.54, 1.807) is 6.42 Å². The molecule has 0 aromatic carbocycles. The second-order valence-electron chi connectivity index (χ2n) is 15.2. The first-order valence-corrected chi connectivity index (χ1v) is 14.4. The van der Waals surface area contributed by atoms with Crippen molar-refractivity contribution in [3.63, 3.8) is 0 Å². The summed E-state index contributed by atoms with van der Waals surface area (Å²) in [7, 11) is 0. The third-order valence-corrected chi connectivity index (χ3v) is 14.1. The highest BCUT2D eigenvalue weighted by molar-refractivity contribution is 5.19. The zero-order valence-corrected chi connectivity index (χ0v) is 22.4. The normalized spacial score (nSPS) is 56.7. The lowest BCUT2D eigenvalue weighted by atomic mass is 9.32. The summed E-state index contributed by atoms with van der Waals surface area (Å²) in [4.78, 5) is 0. The first kappa shape index (κ1) is 22.8. The molecule has 0 nitrogen and oxygen atoms in total. The van der Waals surface area contributed by atoms with Crippen LogP contribution >= 0.6 is 0 Å². The molecule has 5 saturated carbocycles. The lowest BCUT2D eigenvalue weighted by molar-refractivity contribution is -0.241. The highest BCUT2D eigenvalue weighted by Gasteiger charge is 2.70. The standard InChI is InChI=1S/C31H54/c1-9-21(2)22-13-18-28(5)23(22)14-19-30(7)25(28)11-12-26-29(6)17-10-16-27(3,4)24(29)15-20-31(26,30)8/h21-26H,9-20H2,1-8H3/t21?,22?,23-,24-,25+,26+,28-,29-,30+,31+/m0/s1. The van der Waals surface area contributed by atoms with Gasteiger partial charge in [-0.25, -0.2) is 0 Å². The molecule has 31 heavy (non-hydrogen) atoms. The number of fused-ring (bicyclic) bond motifs is 7. The topological polar surface area (TPSA) is 0 Å². The van der Waals surface area contributed by atoms with E-state index < -0.39 is 0 Å². The molecule has 5 aliphatic rings. The Morgan fingerprint density at radius 1 is 0.645 bits per heavy atom. The summed E-state index contributed by atoms with van der Waals surface area (Å²) < 4.78 is 0. The van der Waals surface area contributed by atoms with Gasteiger partial charge in [-0.05, 0) is 127 Å². The van der Waals surface area contributed by atoms with Crippen LogP contribution < -0.4 is 0 Å². The maximum Gasteiger partial charge on any atom is -0.0235 e. The first-order chi connectivity index (χ1) is 14.4. The monoisotopic (exact) mass is 426 g/mol. The smallest absolute Gasteiger partial charge is 0.0235 e. The predicted octanol–water partition coefficient (Wildman–Crippen LogP) is 9.52. The molecule has 0 bridgehead atoms. The van der Waals surface area contributed by atoms with Crippen LogP contribution in [-0.2, 0) is 0 Å². The molecular weight excluding hydrogens is 372 g/mol. The van der Waals surface area contributed by atoms with Crippen molar-refractivity contribution in [2.24, 2.45) is 62.6 Å². The fraction of sp³-hybridized carbons (Fsp3) is 1.00. The lowest BCUT2D eigenvalue weighted by Crippen LogP contribution is -2.65. The van der Waals surface area contributed by atoms with Crippen molar-refractivity contribution in [2.45, 2.75) is 132 Å². The molecule has 2 unspecified atom stereocenters. The molecule has 0 spiro atoms. The van der Waals surface area contributed by atoms with Crippen LogP contribution in [0.15, 0.2) is 0 Å². The van der Waals surface area contributed by atoms with Crippen LogP contribution in [-0.4, -0.2) is 0 Å². The summed E-state index contributed by atoms with van der Waals surface area (Å²) in [6.45, 7) is 21.4. The molecule has 178 valence electrons. The number of rotatable bonds is 2. The maximum atomic E-state index is 2.82. The Balaban J connectivity index is 1.50. The van der Waals surface area contributed by atoms with Crippen molar-refractivity contribution in [3.05, 3.63) is 0 Å². The number of hydrogen-bond acceptors (Lipinski definition) is 0. The van der Waals surface area contributed by atoms with Gasteiger partial charge in [0.25, 0.3) is 0 Å². The molecule has 0 radical (unpaired) electrons. The zero-order chi connectivity index (χ0) is 22.4. The van der Waals surface area contributed by atoms with E-state index in [-0.39, 0.29) is 0 Å². The molecule has 0 heteroatoms. The van der Waals surface area contributed by atoms with E-state index in [0.29, 0.717) is 27.1 Å². The number of hydrogen-bond donors (Lipinski definition) is 0. The SMILES string of the molecule is CCC(C)C1CC[C@]2(C)[C@H]3CC[C@@H]4[C@@]5(C)CCCC(C)(C)[C@@H]5CC[C@@]4(C)[C@]3(C)CC[C@@H]12. The van der Waals surface area contributed by atoms with Crippen molar-refractivity contribution in [1.29, 1.82) is 0 Å². The van der Waals surface area contributed by atoms with E-state index in [1.165, 1.54) is 70.6 Å². The van der Waals surface area contributed by atoms with Crippen molar-refractivity contribution in [2.75, 3.05) is 0 Å². The van der Waals surface area contributed by atoms with Gasteiger partial charge in [0.1, 0.15) is 0 Å². The van der Waals surface area contributed by atoms with Crippen molar-refractivity contribution in [3.8, 4) is 0 Å². The summed E-state index contributed by atoms with van der Waals surface area (Å²) in [6.07, 6.45) is 18.1. The van der Waals surface area contributed by atoms with Crippen LogP contribution in [0.5, 0.6) is 0 Å². The van der Waals surface area contributed by atoms with E-state index >= 15 is 0 Å². The van der Waals surface area contributed by atoms with E-state index in [4.69, 9.17) is 0 Å². The van der Waals surface area contributed by atoms with Crippen LogP contribution in [0.2, 0.25) is 0 Å². The molecule has 5 aliphatic carbocycles. The minimum Gasteiger partial charge on any atom is -0.0651 e. The summed E-state index contributed by atoms with van der Waals surface area (Å²) in [5, 5.41) is 0. The Bertz CT molecular complexity index is 705. The second-order valence-corrected chi connectivity index (χ2v) is 15.2. The average molecular weight is 427 g/mol. The molecule has 10 atom stereocenters. The third-order valence-electron chi connectivity index (χ3n) is 14.1. The average Bonchev–Trinajstić information content (AvgIpc) is 3.04.